The van der Waals surface area contributed by atoms with Crippen LogP contribution in [0.15, 0.2) is 97.1 Å². The third kappa shape index (κ3) is 6.24. The van der Waals surface area contributed by atoms with Crippen molar-refractivity contribution < 1.29 is 23.9 Å². The van der Waals surface area contributed by atoms with E-state index in [1.54, 1.807) is 55.6 Å². The minimum Gasteiger partial charge on any atom is -0.497 e. The van der Waals surface area contributed by atoms with Gasteiger partial charge >= 0.3 is 0 Å². The van der Waals surface area contributed by atoms with Gasteiger partial charge in [-0.1, -0.05) is 74.5 Å². The lowest BCUT2D eigenvalue weighted by molar-refractivity contribution is -0.139. The Morgan fingerprint density at radius 3 is 2.14 bits per heavy atom. The van der Waals surface area contributed by atoms with Gasteiger partial charge in [-0.25, -0.2) is 0 Å². The molecular weight excluding hydrogens is 554 g/mol. The average molecular weight is 590 g/mol. The molecule has 44 heavy (non-hydrogen) atoms. The number of rotatable bonds is 10. The zero-order valence-corrected chi connectivity index (χ0v) is 25.2. The Labute approximate surface area is 257 Å². The van der Waals surface area contributed by atoms with Crippen LogP contribution >= 0.6 is 0 Å². The van der Waals surface area contributed by atoms with Crippen molar-refractivity contribution in [3.8, 4) is 5.75 Å². The number of hydrogen-bond donors (Lipinski definition) is 1. The van der Waals surface area contributed by atoms with Gasteiger partial charge in [-0.15, -0.1) is 0 Å². The van der Waals surface area contributed by atoms with Crippen LogP contribution in [-0.2, 0) is 20.9 Å². The first kappa shape index (κ1) is 30.2. The molecule has 0 fully saturated rings. The molecule has 8 heteroatoms. The molecular formula is C36H35N3O5. The van der Waals surface area contributed by atoms with E-state index in [0.29, 0.717) is 22.7 Å². The van der Waals surface area contributed by atoms with Gasteiger partial charge in [-0.3, -0.25) is 24.1 Å². The molecule has 3 amide bonds. The number of para-hydroxylation sites is 1. The predicted octanol–water partition coefficient (Wildman–Crippen LogP) is 6.07. The summed E-state index contributed by atoms with van der Waals surface area (Å²) in [6, 6.07) is 27.8. The lowest BCUT2D eigenvalue weighted by Gasteiger charge is -2.33. The van der Waals surface area contributed by atoms with Crippen molar-refractivity contribution >= 4 is 34.9 Å². The molecule has 0 aliphatic carbocycles. The van der Waals surface area contributed by atoms with E-state index in [1.807, 2.05) is 55.5 Å². The Kier molecular flexibility index (Phi) is 8.90. The number of ketones is 1. The number of aryl methyl sites for hydroxylation is 1. The minimum atomic E-state index is -1.05. The number of fused-ring (bicyclic) bond motifs is 1. The second-order valence-electron chi connectivity index (χ2n) is 11.1. The van der Waals surface area contributed by atoms with Crippen LogP contribution in [0, 0.1) is 6.92 Å². The summed E-state index contributed by atoms with van der Waals surface area (Å²) in [7, 11) is 1.57. The Morgan fingerprint density at radius 1 is 0.841 bits per heavy atom. The summed E-state index contributed by atoms with van der Waals surface area (Å²) >= 11 is 0. The van der Waals surface area contributed by atoms with Crippen LogP contribution in [0.2, 0.25) is 0 Å². The van der Waals surface area contributed by atoms with Crippen molar-refractivity contribution in [2.45, 2.75) is 39.3 Å². The number of nitrogens with one attached hydrogen (secondary N) is 1. The van der Waals surface area contributed by atoms with Crippen molar-refractivity contribution in [1.82, 2.24) is 4.90 Å². The number of amides is 3. The maximum atomic E-state index is 14.3. The fourth-order valence-electron chi connectivity index (χ4n) is 5.35. The summed E-state index contributed by atoms with van der Waals surface area (Å²) < 4.78 is 5.25. The zero-order chi connectivity index (χ0) is 31.4. The summed E-state index contributed by atoms with van der Waals surface area (Å²) in [4.78, 5) is 56.9. The van der Waals surface area contributed by atoms with Gasteiger partial charge in [-0.2, -0.15) is 0 Å². The number of Topliss-reactive ketones (excluding diaryl/α,β-unsaturated/α-hetero) is 1. The highest BCUT2D eigenvalue weighted by Gasteiger charge is 2.39. The Bertz CT molecular complexity index is 1700. The standard InChI is InChI=1S/C36H35N3O5/c1-23(2)25-13-15-26(16-14-25)33(35(42)37-28-17-19-29(44-4)20-18-28)39(21-27-10-6-5-9-24(27)3)32(40)22-38-31-12-8-7-11-30(31)34(41)36(38)43/h5-20,23,33H,21-22H2,1-4H3,(H,37,42)/t33-/m1/s1. The van der Waals surface area contributed by atoms with E-state index in [2.05, 4.69) is 19.2 Å². The SMILES string of the molecule is COc1ccc(NC(=O)[C@@H](c2ccc(C(C)C)cc2)N(Cc2ccccc2C)C(=O)CN2C(=O)C(=O)c3ccccc32)cc1. The maximum absolute atomic E-state index is 14.3. The topological polar surface area (TPSA) is 96.0 Å². The van der Waals surface area contributed by atoms with Gasteiger partial charge in [0.1, 0.15) is 18.3 Å². The van der Waals surface area contributed by atoms with Crippen molar-refractivity contribution in [2.75, 3.05) is 23.9 Å². The first-order valence-corrected chi connectivity index (χ1v) is 14.5. The maximum Gasteiger partial charge on any atom is 0.299 e. The molecule has 0 spiro atoms. The zero-order valence-electron chi connectivity index (χ0n) is 25.2. The highest BCUT2D eigenvalue weighted by molar-refractivity contribution is 6.52. The van der Waals surface area contributed by atoms with E-state index < -0.39 is 36.1 Å². The molecule has 0 saturated carbocycles. The molecule has 1 heterocycles. The lowest BCUT2D eigenvalue weighted by Crippen LogP contribution is -2.46. The van der Waals surface area contributed by atoms with Gasteiger partial charge in [0.15, 0.2) is 0 Å². The van der Waals surface area contributed by atoms with E-state index in [0.717, 1.165) is 16.7 Å². The van der Waals surface area contributed by atoms with Crippen LogP contribution in [0.1, 0.15) is 58.4 Å². The number of hydrogen-bond acceptors (Lipinski definition) is 5. The van der Waals surface area contributed by atoms with E-state index in [1.165, 1.54) is 9.80 Å². The highest BCUT2D eigenvalue weighted by Crippen LogP contribution is 2.31. The van der Waals surface area contributed by atoms with E-state index in [4.69, 9.17) is 4.74 Å². The quantitative estimate of drug-likeness (QED) is 0.227. The normalized spacial score (nSPS) is 13.1. The smallest absolute Gasteiger partial charge is 0.299 e. The Balaban J connectivity index is 1.57. The molecule has 1 aliphatic rings. The van der Waals surface area contributed by atoms with Crippen LogP contribution in [0.25, 0.3) is 0 Å². The van der Waals surface area contributed by atoms with Gasteiger partial charge in [0.05, 0.1) is 18.4 Å². The number of methoxy groups -OCH3 is 1. The highest BCUT2D eigenvalue weighted by atomic mass is 16.5. The molecule has 4 aromatic carbocycles. The third-order valence-electron chi connectivity index (χ3n) is 7.93. The van der Waals surface area contributed by atoms with Gasteiger partial charge in [0.25, 0.3) is 17.6 Å². The van der Waals surface area contributed by atoms with Crippen molar-refractivity contribution in [2.24, 2.45) is 0 Å². The average Bonchev–Trinajstić information content (AvgIpc) is 3.27. The van der Waals surface area contributed by atoms with E-state index >= 15 is 0 Å². The number of nitrogens with zero attached hydrogens (tertiary/aromatic N) is 2. The summed E-state index contributed by atoms with van der Waals surface area (Å²) in [5, 5.41) is 2.97. The lowest BCUT2D eigenvalue weighted by atomic mass is 9.97. The monoisotopic (exact) mass is 589 g/mol. The van der Waals surface area contributed by atoms with Crippen LogP contribution in [0.3, 0.4) is 0 Å². The summed E-state index contributed by atoms with van der Waals surface area (Å²) in [6.45, 7) is 5.83. The number of carbonyl (C=O) groups excluding carboxylic acids is 4. The fraction of sp³-hybridized carbons (Fsp3) is 0.222. The molecule has 0 bridgehead atoms. The molecule has 8 nitrogen and oxygen atoms in total. The fourth-order valence-corrected chi connectivity index (χ4v) is 5.35. The number of benzene rings is 4. The van der Waals surface area contributed by atoms with Gasteiger partial charge in [0, 0.05) is 12.2 Å². The van der Waals surface area contributed by atoms with Crippen molar-refractivity contribution in [3.05, 3.63) is 125 Å². The van der Waals surface area contributed by atoms with Gasteiger partial charge < -0.3 is 15.0 Å². The van der Waals surface area contributed by atoms with Crippen LogP contribution in [0.4, 0.5) is 11.4 Å². The van der Waals surface area contributed by atoms with E-state index in [-0.39, 0.29) is 18.0 Å². The molecule has 0 saturated heterocycles. The molecule has 0 aromatic heterocycles. The molecule has 4 aromatic rings. The largest absolute Gasteiger partial charge is 0.497 e. The summed E-state index contributed by atoms with van der Waals surface area (Å²) in [5.41, 5.74) is 4.70. The second-order valence-corrected chi connectivity index (χ2v) is 11.1. The molecule has 5 rings (SSSR count). The number of anilines is 2. The summed E-state index contributed by atoms with van der Waals surface area (Å²) in [6.07, 6.45) is 0. The number of ether oxygens (including phenoxy) is 1. The Morgan fingerprint density at radius 2 is 1.48 bits per heavy atom. The predicted molar refractivity (Wildman–Crippen MR) is 170 cm³/mol. The van der Waals surface area contributed by atoms with E-state index in [9.17, 15) is 19.2 Å². The van der Waals surface area contributed by atoms with Gasteiger partial charge in [-0.05, 0) is 71.5 Å². The third-order valence-corrected chi connectivity index (χ3v) is 7.93. The second kappa shape index (κ2) is 13.0. The van der Waals surface area contributed by atoms with Gasteiger partial charge in [0.2, 0.25) is 5.91 Å². The van der Waals surface area contributed by atoms with Crippen LogP contribution in [0.5, 0.6) is 5.75 Å². The summed E-state index contributed by atoms with van der Waals surface area (Å²) in [5.74, 6) is -1.40. The molecule has 1 N–H and O–H groups in total. The van der Waals surface area contributed by atoms with Crippen LogP contribution < -0.4 is 15.0 Å². The van der Waals surface area contributed by atoms with Crippen molar-refractivity contribution in [3.63, 3.8) is 0 Å². The molecule has 0 radical (unpaired) electrons. The van der Waals surface area contributed by atoms with Crippen molar-refractivity contribution in [1.29, 1.82) is 0 Å². The molecule has 1 atom stereocenters. The Hall–Kier alpha value is -5.24. The first-order chi connectivity index (χ1) is 21.2. The minimum absolute atomic E-state index is 0.107. The molecule has 0 unspecified atom stereocenters. The molecule has 1 aliphatic heterocycles. The molecule has 224 valence electrons. The first-order valence-electron chi connectivity index (χ1n) is 14.5. The number of carbonyl (C=O) groups is 4. The van der Waals surface area contributed by atoms with Crippen LogP contribution in [-0.4, -0.2) is 42.1 Å².